The zero-order chi connectivity index (χ0) is 19.2. The first kappa shape index (κ1) is 18.3. The van der Waals surface area contributed by atoms with Gasteiger partial charge < -0.3 is 4.74 Å². The first-order chi connectivity index (χ1) is 13.1. The second-order valence-corrected chi connectivity index (χ2v) is 6.00. The van der Waals surface area contributed by atoms with Crippen molar-refractivity contribution in [1.29, 1.82) is 0 Å². The van der Waals surface area contributed by atoms with Crippen LogP contribution in [-0.4, -0.2) is 28.1 Å². The number of hydrogen-bond donors (Lipinski definition) is 0. The summed E-state index contributed by atoms with van der Waals surface area (Å²) in [5.41, 5.74) is 3.12. The smallest absolute Gasteiger partial charge is 0.359 e. The van der Waals surface area contributed by atoms with Gasteiger partial charge >= 0.3 is 5.97 Å². The highest BCUT2D eigenvalue weighted by Crippen LogP contribution is 2.16. The molecule has 0 saturated carbocycles. The molecule has 5 nitrogen and oxygen atoms in total. The van der Waals surface area contributed by atoms with Gasteiger partial charge in [0.05, 0.1) is 12.3 Å². The molecule has 5 heteroatoms. The Labute approximate surface area is 157 Å². The second kappa shape index (κ2) is 8.27. The molecule has 0 bridgehead atoms. The maximum Gasteiger partial charge on any atom is 0.359 e. The van der Waals surface area contributed by atoms with E-state index < -0.39 is 5.97 Å². The largest absolute Gasteiger partial charge is 0.461 e. The lowest BCUT2D eigenvalue weighted by Gasteiger charge is -2.00. The van der Waals surface area contributed by atoms with Crippen molar-refractivity contribution < 1.29 is 14.3 Å². The molecule has 0 atom stereocenters. The summed E-state index contributed by atoms with van der Waals surface area (Å²) in [5.74, 6) is -0.657. The third-order valence-corrected chi connectivity index (χ3v) is 3.95. The number of carbonyl (C=O) groups excluding carboxylic acids is 2. The van der Waals surface area contributed by atoms with Gasteiger partial charge in [0, 0.05) is 17.3 Å². The van der Waals surface area contributed by atoms with E-state index in [1.54, 1.807) is 29.9 Å². The van der Waals surface area contributed by atoms with E-state index in [2.05, 4.69) is 5.10 Å². The minimum atomic E-state index is -0.519. The Kier molecular flexibility index (Phi) is 5.61. The first-order valence-corrected chi connectivity index (χ1v) is 8.69. The quantitative estimate of drug-likeness (QED) is 0.374. The number of hydrogen-bond acceptors (Lipinski definition) is 4. The number of allylic oxidation sites excluding steroid dienone is 1. The fraction of sp³-hybridized carbons (Fsp3) is 0.136. The molecule has 136 valence electrons. The van der Waals surface area contributed by atoms with Gasteiger partial charge in [0.15, 0.2) is 11.5 Å². The summed E-state index contributed by atoms with van der Waals surface area (Å²) in [6.45, 7) is 3.93. The monoisotopic (exact) mass is 360 g/mol. The van der Waals surface area contributed by atoms with Gasteiger partial charge in [0.1, 0.15) is 0 Å². The van der Waals surface area contributed by atoms with Gasteiger partial charge in [0.25, 0.3) is 0 Å². The van der Waals surface area contributed by atoms with Crippen LogP contribution in [0.15, 0.2) is 66.9 Å². The number of rotatable bonds is 6. The van der Waals surface area contributed by atoms with Crippen molar-refractivity contribution in [3.63, 3.8) is 0 Å². The number of ketones is 1. The lowest BCUT2D eigenvalue weighted by molar-refractivity contribution is 0.0518. The Morgan fingerprint density at radius 2 is 1.89 bits per heavy atom. The number of carbonyl (C=O) groups is 2. The summed E-state index contributed by atoms with van der Waals surface area (Å²) in [6, 6.07) is 16.8. The van der Waals surface area contributed by atoms with Crippen LogP contribution in [-0.2, 0) is 4.74 Å². The van der Waals surface area contributed by atoms with Crippen molar-refractivity contribution in [2.45, 2.75) is 13.8 Å². The van der Waals surface area contributed by atoms with Crippen molar-refractivity contribution >= 4 is 17.8 Å². The number of para-hydroxylation sites is 1. The molecule has 0 amide bonds. The van der Waals surface area contributed by atoms with Crippen LogP contribution >= 0.6 is 0 Å². The second-order valence-electron chi connectivity index (χ2n) is 6.00. The van der Waals surface area contributed by atoms with Crippen LogP contribution in [0.3, 0.4) is 0 Å². The van der Waals surface area contributed by atoms with Crippen molar-refractivity contribution in [3.8, 4) is 5.69 Å². The number of benzene rings is 2. The Morgan fingerprint density at radius 3 is 2.59 bits per heavy atom. The van der Waals surface area contributed by atoms with Gasteiger partial charge in [-0.15, -0.1) is 0 Å². The van der Waals surface area contributed by atoms with Crippen molar-refractivity contribution in [3.05, 3.63) is 89.3 Å². The number of aromatic nitrogens is 2. The van der Waals surface area contributed by atoms with Gasteiger partial charge in [0.2, 0.25) is 0 Å². The number of nitrogens with zero attached hydrogens (tertiary/aromatic N) is 2. The van der Waals surface area contributed by atoms with Crippen LogP contribution in [0.2, 0.25) is 0 Å². The van der Waals surface area contributed by atoms with E-state index in [-0.39, 0.29) is 18.1 Å². The van der Waals surface area contributed by atoms with Crippen LogP contribution in [0.5, 0.6) is 0 Å². The van der Waals surface area contributed by atoms with Crippen molar-refractivity contribution in [1.82, 2.24) is 9.78 Å². The van der Waals surface area contributed by atoms with Gasteiger partial charge in [-0.25, -0.2) is 9.48 Å². The van der Waals surface area contributed by atoms with Crippen LogP contribution in [0.25, 0.3) is 11.8 Å². The van der Waals surface area contributed by atoms with Gasteiger partial charge in [-0.05, 0) is 44.2 Å². The van der Waals surface area contributed by atoms with E-state index in [1.807, 2.05) is 55.5 Å². The number of aryl methyl sites for hydroxylation is 1. The fourth-order valence-corrected chi connectivity index (χ4v) is 2.64. The molecule has 1 heterocycles. The topological polar surface area (TPSA) is 61.2 Å². The molecule has 0 saturated heterocycles. The minimum absolute atomic E-state index is 0.138. The molecule has 0 fully saturated rings. The molecular weight excluding hydrogens is 340 g/mol. The highest BCUT2D eigenvalue weighted by molar-refractivity contribution is 6.07. The maximum absolute atomic E-state index is 12.4. The summed E-state index contributed by atoms with van der Waals surface area (Å²) in [7, 11) is 0. The molecule has 0 spiro atoms. The summed E-state index contributed by atoms with van der Waals surface area (Å²) < 4.78 is 6.69. The molecule has 0 radical (unpaired) electrons. The molecule has 3 aromatic rings. The predicted octanol–water partition coefficient (Wildman–Crippen LogP) is 4.25. The highest BCUT2D eigenvalue weighted by atomic mass is 16.5. The van der Waals surface area contributed by atoms with Gasteiger partial charge in [-0.3, -0.25) is 4.79 Å². The molecule has 0 aliphatic carbocycles. The standard InChI is InChI=1S/C22H20N2O3/c1-3-27-22(26)21-18(15-24(23-21)19-10-5-4-6-11-19)12-13-20(25)17-9-7-8-16(2)14-17/h4-15H,3H2,1-2H3/b13-12+. The Bertz CT molecular complexity index is 988. The SMILES string of the molecule is CCOC(=O)c1nn(-c2ccccc2)cc1/C=C/C(=O)c1cccc(C)c1. The molecule has 3 rings (SSSR count). The molecule has 0 aliphatic heterocycles. The highest BCUT2D eigenvalue weighted by Gasteiger charge is 2.17. The van der Waals surface area contributed by atoms with Gasteiger partial charge in [-0.1, -0.05) is 42.0 Å². The van der Waals surface area contributed by atoms with E-state index in [9.17, 15) is 9.59 Å². The predicted molar refractivity (Wildman–Crippen MR) is 104 cm³/mol. The van der Waals surface area contributed by atoms with Crippen LogP contribution < -0.4 is 0 Å². The summed E-state index contributed by atoms with van der Waals surface area (Å²) in [6.07, 6.45) is 4.76. The van der Waals surface area contributed by atoms with Gasteiger partial charge in [-0.2, -0.15) is 5.10 Å². The fourth-order valence-electron chi connectivity index (χ4n) is 2.64. The normalized spacial score (nSPS) is 10.9. The van der Waals surface area contributed by atoms with E-state index in [0.29, 0.717) is 11.1 Å². The third kappa shape index (κ3) is 4.39. The van der Waals surface area contributed by atoms with E-state index in [1.165, 1.54) is 6.08 Å². The third-order valence-electron chi connectivity index (χ3n) is 3.95. The summed E-state index contributed by atoms with van der Waals surface area (Å²) >= 11 is 0. The molecule has 0 N–H and O–H groups in total. The van der Waals surface area contributed by atoms with Crippen LogP contribution in [0, 0.1) is 6.92 Å². The van der Waals surface area contributed by atoms with E-state index >= 15 is 0 Å². The van der Waals surface area contributed by atoms with E-state index in [0.717, 1.165) is 11.3 Å². The Balaban J connectivity index is 1.94. The number of esters is 1. The molecular formula is C22H20N2O3. The maximum atomic E-state index is 12.4. The molecule has 1 aromatic heterocycles. The summed E-state index contributed by atoms with van der Waals surface area (Å²) in [4.78, 5) is 24.7. The lowest BCUT2D eigenvalue weighted by Crippen LogP contribution is -2.08. The molecule has 0 aliphatic rings. The minimum Gasteiger partial charge on any atom is -0.461 e. The Morgan fingerprint density at radius 1 is 1.11 bits per heavy atom. The van der Waals surface area contributed by atoms with Crippen LogP contribution in [0.4, 0.5) is 0 Å². The zero-order valence-electron chi connectivity index (χ0n) is 15.3. The van der Waals surface area contributed by atoms with E-state index in [4.69, 9.17) is 4.74 Å². The average Bonchev–Trinajstić information content (AvgIpc) is 3.11. The zero-order valence-corrected chi connectivity index (χ0v) is 15.3. The first-order valence-electron chi connectivity index (χ1n) is 8.69. The molecule has 2 aromatic carbocycles. The molecule has 27 heavy (non-hydrogen) atoms. The number of ether oxygens (including phenoxy) is 1. The average molecular weight is 360 g/mol. The van der Waals surface area contributed by atoms with Crippen LogP contribution in [0.1, 0.15) is 38.9 Å². The lowest BCUT2D eigenvalue weighted by atomic mass is 10.1. The summed E-state index contributed by atoms with van der Waals surface area (Å²) in [5, 5.41) is 4.34. The van der Waals surface area contributed by atoms with Crippen molar-refractivity contribution in [2.24, 2.45) is 0 Å². The Hall–Kier alpha value is -3.47. The molecule has 0 unspecified atom stereocenters. The van der Waals surface area contributed by atoms with Crippen molar-refractivity contribution in [2.75, 3.05) is 6.61 Å².